The van der Waals surface area contributed by atoms with Gasteiger partial charge in [0.15, 0.2) is 0 Å². The molecule has 0 saturated carbocycles. The molecule has 2 heterocycles. The highest BCUT2D eigenvalue weighted by molar-refractivity contribution is 6.32. The quantitative estimate of drug-likeness (QED) is 0.511. The molecule has 0 atom stereocenters. The second-order valence-electron chi connectivity index (χ2n) is 6.62. The Morgan fingerprint density at radius 2 is 1.97 bits per heavy atom. The first kappa shape index (κ1) is 21.1. The number of imidazole rings is 1. The summed E-state index contributed by atoms with van der Waals surface area (Å²) in [5.41, 5.74) is 0.511. The highest BCUT2D eigenvalue weighted by Gasteiger charge is 2.34. The van der Waals surface area contributed by atoms with Crippen molar-refractivity contribution in [3.8, 4) is 5.82 Å². The van der Waals surface area contributed by atoms with Crippen LogP contribution in [0.2, 0.25) is 5.02 Å². The van der Waals surface area contributed by atoms with Crippen LogP contribution >= 0.6 is 11.6 Å². The number of pyridine rings is 1. The van der Waals surface area contributed by atoms with Crippen molar-refractivity contribution in [1.29, 1.82) is 0 Å². The molecule has 29 heavy (non-hydrogen) atoms. The Morgan fingerprint density at radius 1 is 1.21 bits per heavy atom. The van der Waals surface area contributed by atoms with Gasteiger partial charge >= 0.3 is 12.1 Å². The first-order chi connectivity index (χ1) is 13.7. The molecule has 0 aliphatic carbocycles. The zero-order chi connectivity index (χ0) is 21.2. The van der Waals surface area contributed by atoms with Crippen LogP contribution in [0.25, 0.3) is 16.9 Å². The number of aliphatic carboxylic acids is 1. The van der Waals surface area contributed by atoms with Gasteiger partial charge < -0.3 is 5.11 Å². The molecule has 3 aromatic rings. The Bertz CT molecular complexity index is 1050. The van der Waals surface area contributed by atoms with E-state index in [0.29, 0.717) is 42.8 Å². The third-order valence-electron chi connectivity index (χ3n) is 4.53. The molecule has 0 saturated heterocycles. The molecule has 2 aromatic heterocycles. The summed E-state index contributed by atoms with van der Waals surface area (Å²) < 4.78 is 41.2. The number of aryl methyl sites for hydroxylation is 2. The van der Waals surface area contributed by atoms with Gasteiger partial charge in [-0.1, -0.05) is 24.6 Å². The molecule has 3 rings (SSSR count). The highest BCUT2D eigenvalue weighted by Crippen LogP contribution is 2.37. The second-order valence-corrected chi connectivity index (χ2v) is 7.03. The maximum atomic E-state index is 13.2. The molecule has 0 aliphatic rings. The van der Waals surface area contributed by atoms with Gasteiger partial charge in [-0.15, -0.1) is 0 Å². The van der Waals surface area contributed by atoms with E-state index in [-0.39, 0.29) is 11.9 Å². The van der Waals surface area contributed by atoms with Crippen molar-refractivity contribution in [3.63, 3.8) is 0 Å². The lowest BCUT2D eigenvalue weighted by Crippen LogP contribution is -2.06. The number of aromatic nitrogens is 3. The van der Waals surface area contributed by atoms with Gasteiger partial charge in [0.05, 0.1) is 21.6 Å². The summed E-state index contributed by atoms with van der Waals surface area (Å²) in [5.74, 6) is 0.279. The normalized spacial score (nSPS) is 11.9. The topological polar surface area (TPSA) is 68.0 Å². The lowest BCUT2D eigenvalue weighted by atomic mass is 10.1. The molecule has 0 unspecified atom stereocenters. The van der Waals surface area contributed by atoms with Crippen molar-refractivity contribution in [2.24, 2.45) is 0 Å². The van der Waals surface area contributed by atoms with Crippen molar-refractivity contribution < 1.29 is 23.1 Å². The number of carboxylic acid groups (broad SMARTS) is 1. The number of unbranched alkanes of at least 4 members (excludes halogenated alkanes) is 1. The van der Waals surface area contributed by atoms with Crippen LogP contribution in [0.15, 0.2) is 30.3 Å². The largest absolute Gasteiger partial charge is 0.481 e. The highest BCUT2D eigenvalue weighted by atomic mass is 35.5. The van der Waals surface area contributed by atoms with E-state index < -0.39 is 22.7 Å². The number of benzene rings is 1. The minimum Gasteiger partial charge on any atom is -0.481 e. The lowest BCUT2D eigenvalue weighted by molar-refractivity contribution is -0.138. The minimum atomic E-state index is -4.56. The number of hydrogen-bond acceptors (Lipinski definition) is 3. The molecule has 0 spiro atoms. The van der Waals surface area contributed by atoms with Crippen molar-refractivity contribution >= 4 is 28.6 Å². The van der Waals surface area contributed by atoms with Crippen molar-refractivity contribution in [2.75, 3.05) is 0 Å². The van der Waals surface area contributed by atoms with Crippen LogP contribution in [-0.4, -0.2) is 25.6 Å². The van der Waals surface area contributed by atoms with Crippen LogP contribution < -0.4 is 0 Å². The number of halogens is 4. The monoisotopic (exact) mass is 425 g/mol. The molecule has 1 aromatic carbocycles. The van der Waals surface area contributed by atoms with E-state index >= 15 is 0 Å². The summed E-state index contributed by atoms with van der Waals surface area (Å²) in [5, 5.41) is 8.33. The first-order valence-electron chi connectivity index (χ1n) is 9.17. The SMILES string of the molecule is CCc1nc2cc(C(F)(F)F)c(Cl)cc2n1-c1cccc(CCCCC(=O)O)n1. The van der Waals surface area contributed by atoms with Gasteiger partial charge in [-0.05, 0) is 43.5 Å². The summed E-state index contributed by atoms with van der Waals surface area (Å²) >= 11 is 5.91. The van der Waals surface area contributed by atoms with E-state index in [4.69, 9.17) is 16.7 Å². The number of nitrogens with zero attached hydrogens (tertiary/aromatic N) is 3. The van der Waals surface area contributed by atoms with Crippen LogP contribution in [0.1, 0.15) is 43.3 Å². The van der Waals surface area contributed by atoms with Crippen LogP contribution in [0.4, 0.5) is 13.2 Å². The maximum Gasteiger partial charge on any atom is 0.417 e. The summed E-state index contributed by atoms with van der Waals surface area (Å²) in [6, 6.07) is 7.64. The predicted molar refractivity (Wildman–Crippen MR) is 103 cm³/mol. The molecule has 1 N–H and O–H groups in total. The van der Waals surface area contributed by atoms with Crippen LogP contribution in [0.5, 0.6) is 0 Å². The van der Waals surface area contributed by atoms with Gasteiger partial charge in [-0.25, -0.2) is 9.97 Å². The Balaban J connectivity index is 2.00. The molecule has 0 amide bonds. The van der Waals surface area contributed by atoms with E-state index in [1.165, 1.54) is 6.07 Å². The summed E-state index contributed by atoms with van der Waals surface area (Å²) in [6.07, 6.45) is -2.13. The molecule has 9 heteroatoms. The van der Waals surface area contributed by atoms with Crippen LogP contribution in [0, 0.1) is 0 Å². The van der Waals surface area contributed by atoms with Gasteiger partial charge in [-0.3, -0.25) is 9.36 Å². The molecule has 0 radical (unpaired) electrons. The third-order valence-corrected chi connectivity index (χ3v) is 4.84. The number of fused-ring (bicyclic) bond motifs is 1. The zero-order valence-electron chi connectivity index (χ0n) is 15.6. The fourth-order valence-electron chi connectivity index (χ4n) is 3.17. The number of carboxylic acids is 1. The first-order valence-corrected chi connectivity index (χ1v) is 9.54. The Kier molecular flexibility index (Phi) is 6.12. The van der Waals surface area contributed by atoms with Gasteiger partial charge in [0.25, 0.3) is 0 Å². The average molecular weight is 426 g/mol. The van der Waals surface area contributed by atoms with Crippen molar-refractivity contribution in [2.45, 2.75) is 45.2 Å². The maximum absolute atomic E-state index is 13.2. The molecular formula is C20H19ClF3N3O2. The standard InChI is InChI=1S/C20H19ClF3N3O2/c1-2-17-26-15-10-13(20(22,23)24)14(21)11-16(15)27(17)18-8-5-7-12(25-18)6-3-4-9-19(28)29/h5,7-8,10-11H,2-4,6,9H2,1H3,(H,28,29). The minimum absolute atomic E-state index is 0.103. The lowest BCUT2D eigenvalue weighted by Gasteiger charge is -2.11. The Hall–Kier alpha value is -2.61. The number of alkyl halides is 3. The Morgan fingerprint density at radius 3 is 2.62 bits per heavy atom. The summed E-state index contributed by atoms with van der Waals surface area (Å²) in [6.45, 7) is 1.86. The number of rotatable bonds is 7. The van der Waals surface area contributed by atoms with Crippen LogP contribution in [0.3, 0.4) is 0 Å². The van der Waals surface area contributed by atoms with Gasteiger partial charge in [0, 0.05) is 18.5 Å². The number of hydrogen-bond donors (Lipinski definition) is 1. The van der Waals surface area contributed by atoms with Gasteiger partial charge in [-0.2, -0.15) is 13.2 Å². The van der Waals surface area contributed by atoms with Crippen molar-refractivity contribution in [3.05, 3.63) is 52.4 Å². The summed E-state index contributed by atoms with van der Waals surface area (Å²) in [4.78, 5) is 19.6. The Labute approximate surface area is 170 Å². The fourth-order valence-corrected chi connectivity index (χ4v) is 3.44. The molecule has 0 fully saturated rings. The van der Waals surface area contributed by atoms with Gasteiger partial charge in [0.1, 0.15) is 11.6 Å². The van der Waals surface area contributed by atoms with E-state index in [2.05, 4.69) is 9.97 Å². The fraction of sp³-hybridized carbons (Fsp3) is 0.350. The molecule has 0 bridgehead atoms. The molecular weight excluding hydrogens is 407 g/mol. The van der Waals surface area contributed by atoms with E-state index in [0.717, 1.165) is 11.8 Å². The smallest absolute Gasteiger partial charge is 0.417 e. The molecule has 0 aliphatic heterocycles. The van der Waals surface area contributed by atoms with Crippen LogP contribution in [-0.2, 0) is 23.8 Å². The average Bonchev–Trinajstić information content (AvgIpc) is 3.01. The molecule has 5 nitrogen and oxygen atoms in total. The van der Waals surface area contributed by atoms with E-state index in [9.17, 15) is 18.0 Å². The zero-order valence-corrected chi connectivity index (χ0v) is 16.4. The predicted octanol–water partition coefficient (Wildman–Crippen LogP) is 5.45. The van der Waals surface area contributed by atoms with E-state index in [1.54, 1.807) is 10.6 Å². The van der Waals surface area contributed by atoms with Gasteiger partial charge in [0.2, 0.25) is 0 Å². The second kappa shape index (κ2) is 8.41. The summed E-state index contributed by atoms with van der Waals surface area (Å²) in [7, 11) is 0. The third kappa shape index (κ3) is 4.70. The molecule has 154 valence electrons. The number of carbonyl (C=O) groups is 1. The van der Waals surface area contributed by atoms with Crippen molar-refractivity contribution in [1.82, 2.24) is 14.5 Å². The van der Waals surface area contributed by atoms with E-state index in [1.807, 2.05) is 19.1 Å².